The quantitative estimate of drug-likeness (QED) is 0.725. The lowest BCUT2D eigenvalue weighted by molar-refractivity contribution is 0.0949. The Morgan fingerprint density at radius 1 is 1.04 bits per heavy atom. The summed E-state index contributed by atoms with van der Waals surface area (Å²) >= 11 is 0. The summed E-state index contributed by atoms with van der Waals surface area (Å²) < 4.78 is 5.33. The van der Waals surface area contributed by atoms with Gasteiger partial charge in [0, 0.05) is 5.56 Å². The molecule has 0 saturated heterocycles. The van der Waals surface area contributed by atoms with Crippen LogP contribution in [-0.4, -0.2) is 11.1 Å². The highest BCUT2D eigenvalue weighted by Crippen LogP contribution is 2.33. The Morgan fingerprint density at radius 2 is 1.83 bits per heavy atom. The predicted octanol–water partition coefficient (Wildman–Crippen LogP) is 4.06. The van der Waals surface area contributed by atoms with E-state index in [1.807, 2.05) is 67.6 Å². The fraction of sp³-hybridized carbons (Fsp3) is 0.100. The van der Waals surface area contributed by atoms with Crippen LogP contribution in [-0.2, 0) is 6.54 Å². The number of aromatic nitrogens is 1. The highest BCUT2D eigenvalue weighted by atomic mass is 16.5. The number of carbonyl (C=O) groups excluding carboxylic acids is 1. The number of aryl methyl sites for hydroxylation is 1. The molecule has 4 nitrogen and oxygen atoms in total. The van der Waals surface area contributed by atoms with Crippen molar-refractivity contribution in [2.45, 2.75) is 13.5 Å². The van der Waals surface area contributed by atoms with Gasteiger partial charge in [-0.15, -0.1) is 0 Å². The van der Waals surface area contributed by atoms with Gasteiger partial charge in [-0.25, -0.2) is 0 Å². The second-order valence-electron chi connectivity index (χ2n) is 5.80. The number of rotatable bonds is 2. The molecule has 2 heterocycles. The molecule has 0 saturated carbocycles. The minimum atomic E-state index is -0.0919. The molecule has 1 aromatic heterocycles. The molecular formula is C20H16N2O2. The summed E-state index contributed by atoms with van der Waals surface area (Å²) in [7, 11) is 0. The van der Waals surface area contributed by atoms with Crippen molar-refractivity contribution in [2.24, 2.45) is 0 Å². The van der Waals surface area contributed by atoms with E-state index in [2.05, 4.69) is 10.5 Å². The van der Waals surface area contributed by atoms with Crippen LogP contribution in [0.25, 0.3) is 23.3 Å². The third-order valence-corrected chi connectivity index (χ3v) is 4.17. The molecule has 0 spiro atoms. The van der Waals surface area contributed by atoms with E-state index in [9.17, 15) is 4.79 Å². The fourth-order valence-corrected chi connectivity index (χ4v) is 2.97. The van der Waals surface area contributed by atoms with Gasteiger partial charge >= 0.3 is 0 Å². The summed E-state index contributed by atoms with van der Waals surface area (Å²) in [5, 5.41) is 6.90. The van der Waals surface area contributed by atoms with Gasteiger partial charge in [0.15, 0.2) is 5.76 Å². The molecule has 118 valence electrons. The minimum absolute atomic E-state index is 0.0919. The number of amides is 1. The lowest BCUT2D eigenvalue weighted by atomic mass is 9.96. The van der Waals surface area contributed by atoms with Crippen molar-refractivity contribution in [3.63, 3.8) is 0 Å². The second-order valence-corrected chi connectivity index (χ2v) is 5.80. The number of carbonyl (C=O) groups is 1. The number of hydrogen-bond donors (Lipinski definition) is 1. The van der Waals surface area contributed by atoms with Crippen molar-refractivity contribution < 1.29 is 9.32 Å². The Labute approximate surface area is 139 Å². The van der Waals surface area contributed by atoms with Crippen LogP contribution in [0.1, 0.15) is 32.9 Å². The zero-order chi connectivity index (χ0) is 16.5. The topological polar surface area (TPSA) is 55.1 Å². The first-order chi connectivity index (χ1) is 11.7. The number of fused-ring (bicyclic) bond motifs is 3. The lowest BCUT2D eigenvalue weighted by Gasteiger charge is -2.06. The van der Waals surface area contributed by atoms with Crippen LogP contribution in [0.5, 0.6) is 0 Å². The third kappa shape index (κ3) is 2.52. The van der Waals surface area contributed by atoms with Gasteiger partial charge in [-0.3, -0.25) is 4.79 Å². The molecule has 0 atom stereocenters. The molecule has 1 aliphatic heterocycles. The van der Waals surface area contributed by atoms with Crippen molar-refractivity contribution >= 4 is 18.1 Å². The molecule has 24 heavy (non-hydrogen) atoms. The van der Waals surface area contributed by atoms with Gasteiger partial charge in [0.05, 0.1) is 17.8 Å². The van der Waals surface area contributed by atoms with Gasteiger partial charge in [0.2, 0.25) is 0 Å². The molecule has 0 unspecified atom stereocenters. The maximum atomic E-state index is 12.4. The number of nitrogens with zero attached hydrogens (tertiary/aromatic N) is 1. The van der Waals surface area contributed by atoms with Crippen LogP contribution < -0.4 is 5.32 Å². The Hall–Kier alpha value is -3.14. The van der Waals surface area contributed by atoms with Gasteiger partial charge in [-0.2, -0.15) is 0 Å². The summed E-state index contributed by atoms with van der Waals surface area (Å²) in [6, 6.07) is 16.0. The molecule has 4 rings (SSSR count). The van der Waals surface area contributed by atoms with E-state index < -0.39 is 0 Å². The van der Waals surface area contributed by atoms with Crippen LogP contribution in [0.3, 0.4) is 0 Å². The zero-order valence-electron chi connectivity index (χ0n) is 13.2. The summed E-state index contributed by atoms with van der Waals surface area (Å²) in [4.78, 5) is 12.4. The van der Waals surface area contributed by atoms with Crippen LogP contribution in [0.2, 0.25) is 0 Å². The third-order valence-electron chi connectivity index (χ3n) is 4.17. The molecule has 0 aliphatic carbocycles. The van der Waals surface area contributed by atoms with Crippen molar-refractivity contribution in [1.29, 1.82) is 0 Å². The van der Waals surface area contributed by atoms with Gasteiger partial charge in [-0.1, -0.05) is 59.8 Å². The average Bonchev–Trinajstić information content (AvgIpc) is 2.92. The first-order valence-electron chi connectivity index (χ1n) is 7.83. The van der Waals surface area contributed by atoms with E-state index in [1.165, 1.54) is 0 Å². The molecule has 1 amide bonds. The molecule has 4 heteroatoms. The molecule has 2 aromatic carbocycles. The summed E-state index contributed by atoms with van der Waals surface area (Å²) in [6.07, 6.45) is 4.04. The monoisotopic (exact) mass is 316 g/mol. The Balaban J connectivity index is 1.76. The van der Waals surface area contributed by atoms with E-state index in [1.54, 1.807) is 0 Å². The van der Waals surface area contributed by atoms with E-state index >= 15 is 0 Å². The van der Waals surface area contributed by atoms with E-state index in [0.717, 1.165) is 27.9 Å². The highest BCUT2D eigenvalue weighted by molar-refractivity contribution is 6.03. The molecule has 0 bridgehead atoms. The van der Waals surface area contributed by atoms with Crippen molar-refractivity contribution in [3.05, 3.63) is 76.7 Å². The van der Waals surface area contributed by atoms with Gasteiger partial charge in [0.1, 0.15) is 0 Å². The van der Waals surface area contributed by atoms with Crippen molar-refractivity contribution in [3.8, 4) is 11.1 Å². The Morgan fingerprint density at radius 3 is 2.67 bits per heavy atom. The zero-order valence-corrected chi connectivity index (χ0v) is 13.2. The van der Waals surface area contributed by atoms with E-state index in [-0.39, 0.29) is 5.91 Å². The Bertz CT molecular complexity index is 940. The van der Waals surface area contributed by atoms with Crippen molar-refractivity contribution in [1.82, 2.24) is 10.5 Å². The van der Waals surface area contributed by atoms with Crippen LogP contribution in [0.15, 0.2) is 53.1 Å². The van der Waals surface area contributed by atoms with E-state index in [0.29, 0.717) is 17.9 Å². The van der Waals surface area contributed by atoms with Gasteiger partial charge in [-0.05, 0) is 29.7 Å². The number of hydrogen-bond acceptors (Lipinski definition) is 3. The maximum absolute atomic E-state index is 12.4. The molecule has 0 radical (unpaired) electrons. The standard InChI is InChI=1S/C20H16N2O2/c1-13-19-16-10-9-15(8-7-14-5-3-2-4-6-14)11-17(16)20(23)21-12-18(19)24-22-13/h2-11H,12H2,1H3,(H,21,23)/b8-7+. The van der Waals surface area contributed by atoms with Crippen molar-refractivity contribution in [2.75, 3.05) is 0 Å². The smallest absolute Gasteiger partial charge is 0.252 e. The number of nitrogens with one attached hydrogen (secondary N) is 1. The predicted molar refractivity (Wildman–Crippen MR) is 93.2 cm³/mol. The van der Waals surface area contributed by atoms with Crippen LogP contribution in [0, 0.1) is 6.92 Å². The molecule has 1 aliphatic rings. The normalized spacial score (nSPS) is 13.3. The molecule has 1 N–H and O–H groups in total. The second kappa shape index (κ2) is 5.81. The first-order valence-corrected chi connectivity index (χ1v) is 7.83. The first kappa shape index (κ1) is 14.5. The Kier molecular flexibility index (Phi) is 3.50. The molecule has 3 aromatic rings. The van der Waals surface area contributed by atoms with Gasteiger partial charge < -0.3 is 9.84 Å². The summed E-state index contributed by atoms with van der Waals surface area (Å²) in [5.41, 5.74) is 5.34. The molecule has 0 fully saturated rings. The van der Waals surface area contributed by atoms with Crippen LogP contribution in [0.4, 0.5) is 0 Å². The highest BCUT2D eigenvalue weighted by Gasteiger charge is 2.24. The minimum Gasteiger partial charge on any atom is -0.359 e. The van der Waals surface area contributed by atoms with E-state index in [4.69, 9.17) is 4.52 Å². The summed E-state index contributed by atoms with van der Waals surface area (Å²) in [6.45, 7) is 2.25. The average molecular weight is 316 g/mol. The lowest BCUT2D eigenvalue weighted by Crippen LogP contribution is -2.21. The fourth-order valence-electron chi connectivity index (χ4n) is 2.97. The van der Waals surface area contributed by atoms with Crippen LogP contribution >= 0.6 is 0 Å². The largest absolute Gasteiger partial charge is 0.359 e. The molecular weight excluding hydrogens is 300 g/mol. The number of benzene rings is 2. The summed E-state index contributed by atoms with van der Waals surface area (Å²) in [5.74, 6) is 0.609. The maximum Gasteiger partial charge on any atom is 0.252 e. The van der Waals surface area contributed by atoms with Gasteiger partial charge in [0.25, 0.3) is 5.91 Å². The SMILES string of the molecule is Cc1noc2c1-c1ccc(/C=C/c3ccccc3)cc1C(=O)NC2.